The topological polar surface area (TPSA) is 64.2 Å². The molecule has 3 aromatic rings. The standard InChI is InChI=1S/C16H13ClN4/c1-10(18)20-12-6-7-15-11(8-12)9-19-16(21-15)13-4-2-3-5-14(13)17/h2-9H,1H3,(H2,18,20). The number of hydrogen-bond donors (Lipinski definition) is 1. The summed E-state index contributed by atoms with van der Waals surface area (Å²) in [4.78, 5) is 13.2. The van der Waals surface area contributed by atoms with Crippen LogP contribution in [0.4, 0.5) is 5.69 Å². The van der Waals surface area contributed by atoms with Crippen LogP contribution in [-0.2, 0) is 0 Å². The zero-order chi connectivity index (χ0) is 14.8. The first-order valence-corrected chi connectivity index (χ1v) is 6.84. The number of rotatable bonds is 2. The molecule has 0 atom stereocenters. The van der Waals surface area contributed by atoms with Crippen LogP contribution in [0.5, 0.6) is 0 Å². The maximum atomic E-state index is 6.18. The molecule has 0 amide bonds. The van der Waals surface area contributed by atoms with Crippen LogP contribution in [0.2, 0.25) is 5.02 Å². The first kappa shape index (κ1) is 13.5. The van der Waals surface area contributed by atoms with Crippen LogP contribution in [-0.4, -0.2) is 15.8 Å². The van der Waals surface area contributed by atoms with Crippen molar-refractivity contribution in [1.82, 2.24) is 9.97 Å². The fourth-order valence-corrected chi connectivity index (χ4v) is 2.29. The molecule has 0 spiro atoms. The van der Waals surface area contributed by atoms with Gasteiger partial charge in [0.15, 0.2) is 5.82 Å². The predicted molar refractivity (Wildman–Crippen MR) is 86.9 cm³/mol. The van der Waals surface area contributed by atoms with E-state index in [0.717, 1.165) is 22.2 Å². The summed E-state index contributed by atoms with van der Waals surface area (Å²) in [6.45, 7) is 1.75. The van der Waals surface area contributed by atoms with Gasteiger partial charge in [0, 0.05) is 17.1 Å². The van der Waals surface area contributed by atoms with Crippen LogP contribution in [0.25, 0.3) is 22.3 Å². The normalized spacial score (nSPS) is 11.8. The Morgan fingerprint density at radius 1 is 1.19 bits per heavy atom. The lowest BCUT2D eigenvalue weighted by atomic mass is 10.2. The third kappa shape index (κ3) is 2.85. The second-order valence-electron chi connectivity index (χ2n) is 4.67. The van der Waals surface area contributed by atoms with Crippen LogP contribution in [0.1, 0.15) is 6.92 Å². The quantitative estimate of drug-likeness (QED) is 0.575. The number of amidine groups is 1. The number of hydrogen-bond acceptors (Lipinski definition) is 3. The van der Waals surface area contributed by atoms with Crippen LogP contribution < -0.4 is 5.73 Å². The minimum Gasteiger partial charge on any atom is -0.387 e. The van der Waals surface area contributed by atoms with Gasteiger partial charge in [-0.25, -0.2) is 15.0 Å². The Morgan fingerprint density at radius 3 is 2.76 bits per heavy atom. The molecule has 1 aromatic heterocycles. The van der Waals surface area contributed by atoms with Crippen molar-refractivity contribution in [2.75, 3.05) is 0 Å². The number of aromatic nitrogens is 2. The Balaban J connectivity index is 2.10. The first-order valence-electron chi connectivity index (χ1n) is 6.46. The minimum atomic E-state index is 0.517. The van der Waals surface area contributed by atoms with E-state index in [1.807, 2.05) is 42.5 Å². The highest BCUT2D eigenvalue weighted by atomic mass is 35.5. The average Bonchev–Trinajstić information content (AvgIpc) is 2.47. The fraction of sp³-hybridized carbons (Fsp3) is 0.0625. The third-order valence-corrected chi connectivity index (χ3v) is 3.31. The maximum absolute atomic E-state index is 6.18. The summed E-state index contributed by atoms with van der Waals surface area (Å²) in [5.41, 5.74) is 8.04. The molecule has 5 heteroatoms. The van der Waals surface area contributed by atoms with Crippen molar-refractivity contribution in [3.05, 3.63) is 53.7 Å². The van der Waals surface area contributed by atoms with Crippen molar-refractivity contribution in [3.8, 4) is 11.4 Å². The van der Waals surface area contributed by atoms with E-state index in [1.165, 1.54) is 0 Å². The fourth-order valence-electron chi connectivity index (χ4n) is 2.07. The van der Waals surface area contributed by atoms with Crippen molar-refractivity contribution >= 4 is 34.0 Å². The minimum absolute atomic E-state index is 0.517. The van der Waals surface area contributed by atoms with E-state index >= 15 is 0 Å². The van der Waals surface area contributed by atoms with Crippen molar-refractivity contribution in [1.29, 1.82) is 0 Å². The van der Waals surface area contributed by atoms with E-state index in [0.29, 0.717) is 16.7 Å². The van der Waals surface area contributed by atoms with E-state index in [1.54, 1.807) is 13.1 Å². The molecular formula is C16H13ClN4. The van der Waals surface area contributed by atoms with E-state index in [4.69, 9.17) is 17.3 Å². The number of fused-ring (bicyclic) bond motifs is 1. The zero-order valence-electron chi connectivity index (χ0n) is 11.4. The van der Waals surface area contributed by atoms with Crippen LogP contribution in [0.3, 0.4) is 0 Å². The second-order valence-corrected chi connectivity index (χ2v) is 5.08. The highest BCUT2D eigenvalue weighted by Gasteiger charge is 2.07. The Bertz CT molecular complexity index is 839. The van der Waals surface area contributed by atoms with Crippen LogP contribution >= 0.6 is 11.6 Å². The summed E-state index contributed by atoms with van der Waals surface area (Å²) in [7, 11) is 0. The molecule has 21 heavy (non-hydrogen) atoms. The largest absolute Gasteiger partial charge is 0.387 e. The van der Waals surface area contributed by atoms with E-state index in [9.17, 15) is 0 Å². The zero-order valence-corrected chi connectivity index (χ0v) is 12.2. The van der Waals surface area contributed by atoms with Gasteiger partial charge in [0.25, 0.3) is 0 Å². The van der Waals surface area contributed by atoms with E-state index in [-0.39, 0.29) is 0 Å². The smallest absolute Gasteiger partial charge is 0.161 e. The molecule has 0 aliphatic carbocycles. The number of benzene rings is 2. The summed E-state index contributed by atoms with van der Waals surface area (Å²) < 4.78 is 0. The predicted octanol–water partition coefficient (Wildman–Crippen LogP) is 3.96. The summed E-state index contributed by atoms with van der Waals surface area (Å²) in [5.74, 6) is 1.13. The van der Waals surface area contributed by atoms with Gasteiger partial charge in [0.2, 0.25) is 0 Å². The molecular weight excluding hydrogens is 284 g/mol. The molecule has 1 heterocycles. The van der Waals surface area contributed by atoms with Crippen molar-refractivity contribution < 1.29 is 0 Å². The van der Waals surface area contributed by atoms with Gasteiger partial charge in [-0.05, 0) is 37.3 Å². The lowest BCUT2D eigenvalue weighted by Gasteiger charge is -2.05. The molecule has 2 aromatic carbocycles. The number of nitrogens with two attached hydrogens (primary N) is 1. The Morgan fingerprint density at radius 2 is 2.00 bits per heavy atom. The Kier molecular flexibility index (Phi) is 3.54. The summed E-state index contributed by atoms with van der Waals surface area (Å²) in [6.07, 6.45) is 1.77. The number of nitrogens with zero attached hydrogens (tertiary/aromatic N) is 3. The summed E-state index contributed by atoms with van der Waals surface area (Å²) >= 11 is 6.18. The molecule has 0 aliphatic heterocycles. The van der Waals surface area contributed by atoms with Crippen molar-refractivity contribution in [3.63, 3.8) is 0 Å². The molecule has 4 nitrogen and oxygen atoms in total. The van der Waals surface area contributed by atoms with Gasteiger partial charge in [-0.2, -0.15) is 0 Å². The summed E-state index contributed by atoms with van der Waals surface area (Å²) in [6, 6.07) is 13.2. The molecule has 0 aliphatic rings. The average molecular weight is 297 g/mol. The molecule has 0 saturated carbocycles. The maximum Gasteiger partial charge on any atom is 0.161 e. The second kappa shape index (κ2) is 5.50. The molecule has 0 radical (unpaired) electrons. The molecule has 0 saturated heterocycles. The molecule has 0 unspecified atom stereocenters. The molecule has 0 bridgehead atoms. The van der Waals surface area contributed by atoms with Gasteiger partial charge in [0.05, 0.1) is 22.1 Å². The third-order valence-electron chi connectivity index (χ3n) is 2.98. The first-order chi connectivity index (χ1) is 10.1. The van der Waals surface area contributed by atoms with Crippen molar-refractivity contribution in [2.24, 2.45) is 10.7 Å². The van der Waals surface area contributed by atoms with Gasteiger partial charge < -0.3 is 5.73 Å². The van der Waals surface area contributed by atoms with Crippen LogP contribution in [0, 0.1) is 0 Å². The van der Waals surface area contributed by atoms with Gasteiger partial charge in [-0.3, -0.25) is 0 Å². The summed E-state index contributed by atoms with van der Waals surface area (Å²) in [5, 5.41) is 1.55. The molecule has 104 valence electrons. The highest BCUT2D eigenvalue weighted by Crippen LogP contribution is 2.26. The monoisotopic (exact) mass is 296 g/mol. The Labute approximate surface area is 127 Å². The molecule has 0 fully saturated rings. The number of aliphatic imine (C=N–C) groups is 1. The van der Waals surface area contributed by atoms with Crippen LogP contribution in [0.15, 0.2) is 53.7 Å². The number of halogens is 1. The lowest BCUT2D eigenvalue weighted by molar-refractivity contribution is 1.23. The molecule has 2 N–H and O–H groups in total. The van der Waals surface area contributed by atoms with E-state index in [2.05, 4.69) is 15.0 Å². The Hall–Kier alpha value is -2.46. The highest BCUT2D eigenvalue weighted by molar-refractivity contribution is 6.33. The van der Waals surface area contributed by atoms with Gasteiger partial charge in [-0.15, -0.1) is 0 Å². The van der Waals surface area contributed by atoms with Gasteiger partial charge in [-0.1, -0.05) is 23.7 Å². The SMILES string of the molecule is CC(N)=Nc1ccc2nc(-c3ccccc3Cl)ncc2c1. The van der Waals surface area contributed by atoms with E-state index < -0.39 is 0 Å². The molecule has 3 rings (SSSR count). The van der Waals surface area contributed by atoms with Gasteiger partial charge >= 0.3 is 0 Å². The van der Waals surface area contributed by atoms with Crippen molar-refractivity contribution in [2.45, 2.75) is 6.92 Å². The lowest BCUT2D eigenvalue weighted by Crippen LogP contribution is -2.03. The van der Waals surface area contributed by atoms with Gasteiger partial charge in [0.1, 0.15) is 0 Å².